The summed E-state index contributed by atoms with van der Waals surface area (Å²) >= 11 is 0. The fraction of sp³-hybridized carbons (Fsp3) is 0.444. The molecule has 0 bridgehead atoms. The maximum absolute atomic E-state index is 3.71. The SMILES string of the molecule is CCCNC(c1ccn(Cc2ccccc2)c1)C1CC1. The average Bonchev–Trinajstić information content (AvgIpc) is 3.21. The minimum absolute atomic E-state index is 0.562. The second kappa shape index (κ2) is 6.27. The normalized spacial score (nSPS) is 16.2. The molecule has 2 aromatic rings. The van der Waals surface area contributed by atoms with E-state index in [0.717, 1.165) is 19.0 Å². The van der Waals surface area contributed by atoms with Crippen LogP contribution in [0.2, 0.25) is 0 Å². The summed E-state index contributed by atoms with van der Waals surface area (Å²) in [6.07, 6.45) is 8.49. The van der Waals surface area contributed by atoms with E-state index in [-0.39, 0.29) is 0 Å². The first-order chi connectivity index (χ1) is 9.86. The highest BCUT2D eigenvalue weighted by Crippen LogP contribution is 2.41. The van der Waals surface area contributed by atoms with Crippen molar-refractivity contribution in [2.45, 2.75) is 38.8 Å². The largest absolute Gasteiger partial charge is 0.350 e. The monoisotopic (exact) mass is 268 g/mol. The number of benzene rings is 1. The number of nitrogens with zero attached hydrogens (tertiary/aromatic N) is 1. The molecular formula is C18H24N2. The standard InChI is InChI=1S/C18H24N2/c1-2-11-19-18(16-8-9-16)17-10-12-20(14-17)13-15-6-4-3-5-7-15/h3-7,10,12,14,16,18-19H,2,8-9,11,13H2,1H3. The Balaban J connectivity index is 1.68. The highest BCUT2D eigenvalue weighted by molar-refractivity contribution is 5.21. The zero-order valence-electron chi connectivity index (χ0n) is 12.3. The second-order valence-electron chi connectivity index (χ2n) is 5.87. The van der Waals surface area contributed by atoms with Gasteiger partial charge in [0.1, 0.15) is 0 Å². The molecule has 1 aromatic carbocycles. The van der Waals surface area contributed by atoms with Crippen LogP contribution in [0.25, 0.3) is 0 Å². The molecule has 1 aromatic heterocycles. The summed E-state index contributed by atoms with van der Waals surface area (Å²) in [5.41, 5.74) is 2.82. The predicted octanol–water partition coefficient (Wildman–Crippen LogP) is 3.99. The van der Waals surface area contributed by atoms with Gasteiger partial charge < -0.3 is 9.88 Å². The molecule has 20 heavy (non-hydrogen) atoms. The molecule has 1 N–H and O–H groups in total. The Morgan fingerprint density at radius 3 is 2.70 bits per heavy atom. The van der Waals surface area contributed by atoms with Crippen molar-refractivity contribution in [1.82, 2.24) is 9.88 Å². The first kappa shape index (κ1) is 13.4. The van der Waals surface area contributed by atoms with Crippen molar-refractivity contribution in [3.63, 3.8) is 0 Å². The van der Waals surface area contributed by atoms with Crippen molar-refractivity contribution in [2.24, 2.45) is 5.92 Å². The van der Waals surface area contributed by atoms with Gasteiger partial charge in [0.2, 0.25) is 0 Å². The fourth-order valence-corrected chi connectivity index (χ4v) is 2.82. The van der Waals surface area contributed by atoms with Crippen molar-refractivity contribution in [3.8, 4) is 0 Å². The van der Waals surface area contributed by atoms with Crippen LogP contribution >= 0.6 is 0 Å². The minimum Gasteiger partial charge on any atom is -0.350 e. The number of rotatable bonds is 7. The molecule has 3 rings (SSSR count). The third-order valence-electron chi connectivity index (χ3n) is 4.05. The molecule has 0 spiro atoms. The smallest absolute Gasteiger partial charge is 0.0470 e. The van der Waals surface area contributed by atoms with Crippen LogP contribution in [-0.4, -0.2) is 11.1 Å². The van der Waals surface area contributed by atoms with E-state index in [2.05, 4.69) is 65.6 Å². The highest BCUT2D eigenvalue weighted by atomic mass is 15.0. The van der Waals surface area contributed by atoms with E-state index in [1.54, 1.807) is 0 Å². The molecule has 2 nitrogen and oxygen atoms in total. The summed E-state index contributed by atoms with van der Waals surface area (Å²) in [5, 5.41) is 3.71. The number of hydrogen-bond acceptors (Lipinski definition) is 1. The summed E-state index contributed by atoms with van der Waals surface area (Å²) in [4.78, 5) is 0. The van der Waals surface area contributed by atoms with Crippen LogP contribution in [0, 0.1) is 5.92 Å². The van der Waals surface area contributed by atoms with Crippen LogP contribution in [0.1, 0.15) is 43.4 Å². The molecule has 0 saturated heterocycles. The lowest BCUT2D eigenvalue weighted by atomic mass is 10.1. The first-order valence-corrected chi connectivity index (χ1v) is 7.80. The van der Waals surface area contributed by atoms with Crippen molar-refractivity contribution in [3.05, 3.63) is 59.9 Å². The van der Waals surface area contributed by atoms with Crippen LogP contribution in [0.3, 0.4) is 0 Å². The van der Waals surface area contributed by atoms with E-state index in [1.807, 2.05) is 0 Å². The zero-order chi connectivity index (χ0) is 13.8. The molecule has 1 heterocycles. The topological polar surface area (TPSA) is 17.0 Å². The zero-order valence-corrected chi connectivity index (χ0v) is 12.3. The maximum Gasteiger partial charge on any atom is 0.0470 e. The van der Waals surface area contributed by atoms with E-state index >= 15 is 0 Å². The van der Waals surface area contributed by atoms with E-state index < -0.39 is 0 Å². The van der Waals surface area contributed by atoms with Crippen molar-refractivity contribution in [1.29, 1.82) is 0 Å². The molecule has 106 valence electrons. The maximum atomic E-state index is 3.71. The number of aromatic nitrogens is 1. The van der Waals surface area contributed by atoms with Crippen LogP contribution in [0.4, 0.5) is 0 Å². The van der Waals surface area contributed by atoms with Crippen LogP contribution in [0.5, 0.6) is 0 Å². The fourth-order valence-electron chi connectivity index (χ4n) is 2.82. The summed E-state index contributed by atoms with van der Waals surface area (Å²) in [6.45, 7) is 4.31. The quantitative estimate of drug-likeness (QED) is 0.803. The Morgan fingerprint density at radius 2 is 2.00 bits per heavy atom. The average molecular weight is 268 g/mol. The first-order valence-electron chi connectivity index (χ1n) is 7.80. The Bertz CT molecular complexity index is 525. The molecule has 1 aliphatic carbocycles. The lowest BCUT2D eigenvalue weighted by Crippen LogP contribution is -2.23. The molecule has 1 aliphatic rings. The third-order valence-corrected chi connectivity index (χ3v) is 4.05. The Kier molecular flexibility index (Phi) is 4.22. The molecule has 1 atom stereocenters. The van der Waals surface area contributed by atoms with Crippen LogP contribution < -0.4 is 5.32 Å². The van der Waals surface area contributed by atoms with Gasteiger partial charge in [-0.05, 0) is 48.9 Å². The lowest BCUT2D eigenvalue weighted by Gasteiger charge is -2.16. The molecule has 2 heteroatoms. The van der Waals surface area contributed by atoms with Gasteiger partial charge >= 0.3 is 0 Å². The van der Waals surface area contributed by atoms with Gasteiger partial charge in [0.05, 0.1) is 0 Å². The van der Waals surface area contributed by atoms with Gasteiger partial charge in [0.25, 0.3) is 0 Å². The molecule has 0 aliphatic heterocycles. The van der Waals surface area contributed by atoms with Gasteiger partial charge in [-0.25, -0.2) is 0 Å². The van der Waals surface area contributed by atoms with E-state index in [0.29, 0.717) is 6.04 Å². The van der Waals surface area contributed by atoms with Gasteiger partial charge in [-0.1, -0.05) is 37.3 Å². The van der Waals surface area contributed by atoms with Crippen molar-refractivity contribution < 1.29 is 0 Å². The van der Waals surface area contributed by atoms with E-state index in [1.165, 1.54) is 30.4 Å². The Labute approximate surface area is 121 Å². The van der Waals surface area contributed by atoms with E-state index in [4.69, 9.17) is 0 Å². The van der Waals surface area contributed by atoms with E-state index in [9.17, 15) is 0 Å². The Hall–Kier alpha value is -1.54. The molecule has 0 radical (unpaired) electrons. The van der Waals surface area contributed by atoms with Gasteiger partial charge in [-0.2, -0.15) is 0 Å². The van der Waals surface area contributed by atoms with Gasteiger partial charge in [-0.15, -0.1) is 0 Å². The number of nitrogens with one attached hydrogen (secondary N) is 1. The highest BCUT2D eigenvalue weighted by Gasteiger charge is 2.32. The molecule has 0 amide bonds. The molecule has 1 fully saturated rings. The second-order valence-corrected chi connectivity index (χ2v) is 5.87. The van der Waals surface area contributed by atoms with Crippen LogP contribution in [0.15, 0.2) is 48.8 Å². The molecular weight excluding hydrogens is 244 g/mol. The van der Waals surface area contributed by atoms with Crippen molar-refractivity contribution >= 4 is 0 Å². The molecule has 1 unspecified atom stereocenters. The summed E-state index contributed by atoms with van der Waals surface area (Å²) in [7, 11) is 0. The summed E-state index contributed by atoms with van der Waals surface area (Å²) in [5.74, 6) is 0.856. The summed E-state index contributed by atoms with van der Waals surface area (Å²) < 4.78 is 2.30. The third kappa shape index (κ3) is 3.31. The Morgan fingerprint density at radius 1 is 1.20 bits per heavy atom. The minimum atomic E-state index is 0.562. The number of hydrogen-bond donors (Lipinski definition) is 1. The van der Waals surface area contributed by atoms with Gasteiger partial charge in [0, 0.05) is 25.0 Å². The molecule has 1 saturated carbocycles. The predicted molar refractivity (Wildman–Crippen MR) is 83.7 cm³/mol. The van der Waals surface area contributed by atoms with Crippen LogP contribution in [-0.2, 0) is 6.54 Å². The van der Waals surface area contributed by atoms with Gasteiger partial charge in [0.15, 0.2) is 0 Å². The summed E-state index contributed by atoms with van der Waals surface area (Å²) in [6, 6.07) is 13.5. The van der Waals surface area contributed by atoms with Crippen molar-refractivity contribution in [2.75, 3.05) is 6.54 Å². The lowest BCUT2D eigenvalue weighted by molar-refractivity contribution is 0.480. The van der Waals surface area contributed by atoms with Gasteiger partial charge in [-0.3, -0.25) is 0 Å².